The Morgan fingerprint density at radius 3 is 2.33 bits per heavy atom. The SMILES string of the molecule is CCOCc1ccc(Nc2cc(COC)nc(C(C)(C)C)n2)cc1. The molecule has 0 saturated heterocycles. The largest absolute Gasteiger partial charge is 0.378 e. The highest BCUT2D eigenvalue weighted by Crippen LogP contribution is 2.23. The molecule has 0 aliphatic rings. The molecule has 0 unspecified atom stereocenters. The molecule has 1 aromatic carbocycles. The van der Waals surface area contributed by atoms with Crippen molar-refractivity contribution < 1.29 is 9.47 Å². The Labute approximate surface area is 144 Å². The zero-order valence-corrected chi connectivity index (χ0v) is 15.2. The van der Waals surface area contributed by atoms with Gasteiger partial charge in [0.15, 0.2) is 0 Å². The first kappa shape index (κ1) is 18.4. The van der Waals surface area contributed by atoms with Crippen LogP contribution in [-0.2, 0) is 28.1 Å². The Morgan fingerprint density at radius 1 is 1.04 bits per heavy atom. The highest BCUT2D eigenvalue weighted by atomic mass is 16.5. The van der Waals surface area contributed by atoms with Crippen LogP contribution >= 0.6 is 0 Å². The second-order valence-electron chi connectivity index (χ2n) is 6.71. The Bertz CT molecular complexity index is 649. The molecule has 0 fully saturated rings. The average Bonchev–Trinajstić information content (AvgIpc) is 2.53. The van der Waals surface area contributed by atoms with E-state index in [0.29, 0.717) is 13.2 Å². The van der Waals surface area contributed by atoms with E-state index in [1.54, 1.807) is 7.11 Å². The molecule has 0 amide bonds. The monoisotopic (exact) mass is 329 g/mol. The number of anilines is 2. The van der Waals surface area contributed by atoms with E-state index in [2.05, 4.69) is 48.2 Å². The Balaban J connectivity index is 2.20. The number of rotatable bonds is 7. The molecule has 2 rings (SSSR count). The molecule has 1 aromatic heterocycles. The maximum Gasteiger partial charge on any atom is 0.136 e. The Hall–Kier alpha value is -1.98. The molecule has 5 heteroatoms. The van der Waals surface area contributed by atoms with Gasteiger partial charge < -0.3 is 14.8 Å². The van der Waals surface area contributed by atoms with Gasteiger partial charge in [-0.15, -0.1) is 0 Å². The summed E-state index contributed by atoms with van der Waals surface area (Å²) < 4.78 is 10.6. The fourth-order valence-electron chi connectivity index (χ4n) is 2.17. The van der Waals surface area contributed by atoms with E-state index >= 15 is 0 Å². The van der Waals surface area contributed by atoms with Crippen LogP contribution in [0.3, 0.4) is 0 Å². The van der Waals surface area contributed by atoms with Gasteiger partial charge >= 0.3 is 0 Å². The first-order valence-corrected chi connectivity index (χ1v) is 8.23. The topological polar surface area (TPSA) is 56.3 Å². The number of benzene rings is 1. The number of methoxy groups -OCH3 is 1. The van der Waals surface area contributed by atoms with E-state index in [4.69, 9.17) is 9.47 Å². The van der Waals surface area contributed by atoms with Crippen LogP contribution in [-0.4, -0.2) is 23.7 Å². The minimum Gasteiger partial charge on any atom is -0.378 e. The first-order valence-electron chi connectivity index (χ1n) is 8.23. The summed E-state index contributed by atoms with van der Waals surface area (Å²) in [5.74, 6) is 1.58. The van der Waals surface area contributed by atoms with Crippen LogP contribution < -0.4 is 5.32 Å². The molecule has 0 aliphatic heterocycles. The smallest absolute Gasteiger partial charge is 0.136 e. The maximum atomic E-state index is 5.42. The molecule has 1 heterocycles. The lowest BCUT2D eigenvalue weighted by molar-refractivity contribution is 0.134. The number of aromatic nitrogens is 2. The van der Waals surface area contributed by atoms with E-state index in [0.717, 1.165) is 35.2 Å². The molecule has 24 heavy (non-hydrogen) atoms. The number of hydrogen-bond donors (Lipinski definition) is 1. The zero-order chi connectivity index (χ0) is 17.6. The molecule has 0 radical (unpaired) electrons. The molecule has 0 bridgehead atoms. The van der Waals surface area contributed by atoms with Gasteiger partial charge in [0.25, 0.3) is 0 Å². The number of ether oxygens (including phenoxy) is 2. The second-order valence-corrected chi connectivity index (χ2v) is 6.71. The minimum absolute atomic E-state index is 0.123. The van der Waals surface area contributed by atoms with Crippen LogP contribution in [0.4, 0.5) is 11.5 Å². The van der Waals surface area contributed by atoms with Crippen molar-refractivity contribution in [1.29, 1.82) is 0 Å². The van der Waals surface area contributed by atoms with Gasteiger partial charge in [-0.3, -0.25) is 0 Å². The fourth-order valence-corrected chi connectivity index (χ4v) is 2.17. The summed E-state index contributed by atoms with van der Waals surface area (Å²) in [5, 5.41) is 3.35. The van der Waals surface area contributed by atoms with Gasteiger partial charge in [-0.25, -0.2) is 9.97 Å². The quantitative estimate of drug-likeness (QED) is 0.825. The van der Waals surface area contributed by atoms with Gasteiger partial charge in [-0.1, -0.05) is 32.9 Å². The van der Waals surface area contributed by atoms with Crippen molar-refractivity contribution in [2.24, 2.45) is 0 Å². The Morgan fingerprint density at radius 2 is 1.75 bits per heavy atom. The fraction of sp³-hybridized carbons (Fsp3) is 0.474. The molecular formula is C19H27N3O2. The maximum absolute atomic E-state index is 5.42. The normalized spacial score (nSPS) is 11.5. The van der Waals surface area contributed by atoms with Crippen molar-refractivity contribution in [2.45, 2.75) is 46.3 Å². The standard InChI is InChI=1S/C19H27N3O2/c1-6-24-12-14-7-9-15(10-8-14)20-17-11-16(13-23-5)21-18(22-17)19(2,3)4/h7-11H,6,12-13H2,1-5H3,(H,20,21,22). The molecular weight excluding hydrogens is 302 g/mol. The summed E-state index contributed by atoms with van der Waals surface area (Å²) in [6.07, 6.45) is 0. The van der Waals surface area contributed by atoms with Crippen molar-refractivity contribution in [1.82, 2.24) is 9.97 Å². The van der Waals surface area contributed by atoms with Crippen molar-refractivity contribution in [2.75, 3.05) is 19.0 Å². The molecule has 0 spiro atoms. The van der Waals surface area contributed by atoms with Gasteiger partial charge in [-0.2, -0.15) is 0 Å². The lowest BCUT2D eigenvalue weighted by Crippen LogP contribution is -2.18. The Kier molecular flexibility index (Phi) is 6.29. The first-order chi connectivity index (χ1) is 11.4. The molecule has 0 aliphatic carbocycles. The lowest BCUT2D eigenvalue weighted by atomic mass is 9.95. The predicted octanol–water partition coefficient (Wildman–Crippen LogP) is 4.20. The third-order valence-electron chi connectivity index (χ3n) is 3.44. The van der Waals surface area contributed by atoms with Gasteiger partial charge in [0.2, 0.25) is 0 Å². The highest BCUT2D eigenvalue weighted by Gasteiger charge is 2.19. The van der Waals surface area contributed by atoms with Crippen LogP contribution in [0, 0.1) is 0 Å². The van der Waals surface area contributed by atoms with Crippen molar-refractivity contribution in [3.05, 3.63) is 47.4 Å². The molecule has 130 valence electrons. The van der Waals surface area contributed by atoms with Gasteiger partial charge in [0.05, 0.1) is 18.9 Å². The lowest BCUT2D eigenvalue weighted by Gasteiger charge is -2.19. The summed E-state index contributed by atoms with van der Waals surface area (Å²) in [4.78, 5) is 9.24. The third-order valence-corrected chi connectivity index (χ3v) is 3.44. The van der Waals surface area contributed by atoms with Gasteiger partial charge in [-0.05, 0) is 24.6 Å². The van der Waals surface area contributed by atoms with Crippen LogP contribution in [0.5, 0.6) is 0 Å². The second kappa shape index (κ2) is 8.22. The third kappa shape index (κ3) is 5.28. The number of nitrogens with zero attached hydrogens (tertiary/aromatic N) is 2. The van der Waals surface area contributed by atoms with Crippen molar-refractivity contribution >= 4 is 11.5 Å². The van der Waals surface area contributed by atoms with E-state index in [1.807, 2.05) is 25.1 Å². The van der Waals surface area contributed by atoms with E-state index in [-0.39, 0.29) is 5.41 Å². The van der Waals surface area contributed by atoms with E-state index in [1.165, 1.54) is 0 Å². The summed E-state index contributed by atoms with van der Waals surface area (Å²) in [6, 6.07) is 10.1. The highest BCUT2D eigenvalue weighted by molar-refractivity contribution is 5.56. The van der Waals surface area contributed by atoms with Crippen LogP contribution in [0.1, 0.15) is 44.8 Å². The molecule has 2 aromatic rings. The molecule has 0 saturated carbocycles. The summed E-state index contributed by atoms with van der Waals surface area (Å²) >= 11 is 0. The van der Waals surface area contributed by atoms with Crippen LogP contribution in [0.25, 0.3) is 0 Å². The molecule has 5 nitrogen and oxygen atoms in total. The van der Waals surface area contributed by atoms with Gasteiger partial charge in [0.1, 0.15) is 11.6 Å². The summed E-state index contributed by atoms with van der Waals surface area (Å²) in [7, 11) is 1.67. The molecule has 1 N–H and O–H groups in total. The van der Waals surface area contributed by atoms with Crippen molar-refractivity contribution in [3.63, 3.8) is 0 Å². The van der Waals surface area contributed by atoms with E-state index < -0.39 is 0 Å². The van der Waals surface area contributed by atoms with Gasteiger partial charge in [0, 0.05) is 30.9 Å². The summed E-state index contributed by atoms with van der Waals surface area (Å²) in [5.41, 5.74) is 2.88. The zero-order valence-electron chi connectivity index (χ0n) is 15.2. The van der Waals surface area contributed by atoms with E-state index in [9.17, 15) is 0 Å². The van der Waals surface area contributed by atoms with Crippen molar-refractivity contribution in [3.8, 4) is 0 Å². The predicted molar refractivity (Wildman–Crippen MR) is 96.5 cm³/mol. The van der Waals surface area contributed by atoms with Crippen LogP contribution in [0.15, 0.2) is 30.3 Å². The van der Waals surface area contributed by atoms with Crippen LogP contribution in [0.2, 0.25) is 0 Å². The average molecular weight is 329 g/mol. The summed E-state index contributed by atoms with van der Waals surface area (Å²) in [6.45, 7) is 10.1. The minimum atomic E-state index is -0.123. The molecule has 0 atom stereocenters. The number of nitrogens with one attached hydrogen (secondary N) is 1. The number of hydrogen-bond acceptors (Lipinski definition) is 5.